The number of tetrazole rings is 1. The monoisotopic (exact) mass is 295 g/mol. The van der Waals surface area contributed by atoms with Gasteiger partial charge in [-0.1, -0.05) is 17.8 Å². The fourth-order valence-electron chi connectivity index (χ4n) is 1.65. The van der Waals surface area contributed by atoms with Crippen LogP contribution in [-0.2, 0) is 21.8 Å². The topological polar surface area (TPSA) is 75.0 Å². The molecule has 0 bridgehead atoms. The van der Waals surface area contributed by atoms with E-state index in [2.05, 4.69) is 26.6 Å². The van der Waals surface area contributed by atoms with Crippen LogP contribution in [0.1, 0.15) is 11.1 Å². The third kappa shape index (κ3) is 3.99. The van der Waals surface area contributed by atoms with E-state index in [1.165, 1.54) is 0 Å². The van der Waals surface area contributed by atoms with Crippen molar-refractivity contribution in [1.29, 1.82) is 0 Å². The number of pyridine rings is 1. The SMILES string of the molecule is COC(Cn1nnnc1SCc1cncc(C)c1)OC. The van der Waals surface area contributed by atoms with E-state index < -0.39 is 0 Å². The van der Waals surface area contributed by atoms with Crippen molar-refractivity contribution in [1.82, 2.24) is 25.2 Å². The molecule has 0 aliphatic rings. The summed E-state index contributed by atoms with van der Waals surface area (Å²) in [4.78, 5) is 4.17. The van der Waals surface area contributed by atoms with Crippen LogP contribution >= 0.6 is 11.8 Å². The van der Waals surface area contributed by atoms with Crippen molar-refractivity contribution in [2.75, 3.05) is 14.2 Å². The maximum Gasteiger partial charge on any atom is 0.209 e. The lowest BCUT2D eigenvalue weighted by Crippen LogP contribution is -2.21. The van der Waals surface area contributed by atoms with Gasteiger partial charge in [0.1, 0.15) is 0 Å². The highest BCUT2D eigenvalue weighted by atomic mass is 32.2. The molecule has 0 aliphatic heterocycles. The summed E-state index contributed by atoms with van der Waals surface area (Å²) in [7, 11) is 3.17. The number of aromatic nitrogens is 5. The Labute approximate surface area is 121 Å². The number of aryl methyl sites for hydroxylation is 1. The third-order valence-corrected chi connectivity index (χ3v) is 3.67. The average molecular weight is 295 g/mol. The van der Waals surface area contributed by atoms with E-state index in [1.807, 2.05) is 19.3 Å². The second-order valence-corrected chi connectivity index (χ2v) is 5.15. The van der Waals surface area contributed by atoms with E-state index in [0.29, 0.717) is 6.54 Å². The molecule has 0 saturated heterocycles. The first kappa shape index (κ1) is 14.9. The Hall–Kier alpha value is -1.51. The molecule has 0 N–H and O–H groups in total. The van der Waals surface area contributed by atoms with Crippen LogP contribution in [0.25, 0.3) is 0 Å². The molecule has 2 aromatic heterocycles. The third-order valence-electron chi connectivity index (χ3n) is 2.65. The molecule has 108 valence electrons. The number of methoxy groups -OCH3 is 2. The van der Waals surface area contributed by atoms with Gasteiger partial charge in [-0.15, -0.1) is 5.10 Å². The fourth-order valence-corrected chi connectivity index (χ4v) is 2.45. The van der Waals surface area contributed by atoms with E-state index in [-0.39, 0.29) is 6.29 Å². The first-order valence-corrected chi connectivity index (χ1v) is 7.06. The van der Waals surface area contributed by atoms with E-state index in [9.17, 15) is 0 Å². The first-order chi connectivity index (χ1) is 9.72. The zero-order chi connectivity index (χ0) is 14.4. The predicted molar refractivity (Wildman–Crippen MR) is 74.2 cm³/mol. The van der Waals surface area contributed by atoms with Crippen molar-refractivity contribution in [2.45, 2.75) is 30.7 Å². The Morgan fingerprint density at radius 2 is 2.10 bits per heavy atom. The number of ether oxygens (including phenoxy) is 2. The maximum absolute atomic E-state index is 5.15. The summed E-state index contributed by atoms with van der Waals surface area (Å²) < 4.78 is 12.0. The number of hydrogen-bond donors (Lipinski definition) is 0. The minimum Gasteiger partial charge on any atom is -0.354 e. The van der Waals surface area contributed by atoms with E-state index in [1.54, 1.807) is 30.7 Å². The molecule has 0 saturated carbocycles. The van der Waals surface area contributed by atoms with Gasteiger partial charge < -0.3 is 9.47 Å². The van der Waals surface area contributed by atoms with Crippen molar-refractivity contribution < 1.29 is 9.47 Å². The summed E-state index contributed by atoms with van der Waals surface area (Å²) in [5.41, 5.74) is 2.28. The summed E-state index contributed by atoms with van der Waals surface area (Å²) in [5.74, 6) is 0.764. The highest BCUT2D eigenvalue weighted by Crippen LogP contribution is 2.20. The van der Waals surface area contributed by atoms with Crippen molar-refractivity contribution >= 4 is 11.8 Å². The van der Waals surface area contributed by atoms with Gasteiger partial charge in [0.15, 0.2) is 6.29 Å². The molecule has 0 fully saturated rings. The van der Waals surface area contributed by atoms with Crippen LogP contribution in [0.5, 0.6) is 0 Å². The van der Waals surface area contributed by atoms with Crippen LogP contribution < -0.4 is 0 Å². The van der Waals surface area contributed by atoms with E-state index in [4.69, 9.17) is 9.47 Å². The van der Waals surface area contributed by atoms with Crippen molar-refractivity contribution in [3.05, 3.63) is 29.6 Å². The summed E-state index contributed by atoms with van der Waals surface area (Å²) in [6.45, 7) is 2.47. The van der Waals surface area contributed by atoms with Gasteiger partial charge in [-0.25, -0.2) is 4.68 Å². The highest BCUT2D eigenvalue weighted by molar-refractivity contribution is 7.98. The lowest BCUT2D eigenvalue weighted by molar-refractivity contribution is -0.113. The standard InChI is InChI=1S/C12H17N5O2S/c1-9-4-10(6-13-5-9)8-20-12-14-15-16-17(12)7-11(18-2)19-3/h4-6,11H,7-8H2,1-3H3. The molecule has 0 radical (unpaired) electrons. The van der Waals surface area contributed by atoms with Gasteiger partial charge in [-0.05, 0) is 28.5 Å². The number of nitrogens with zero attached hydrogens (tertiary/aromatic N) is 5. The fraction of sp³-hybridized carbons (Fsp3) is 0.500. The van der Waals surface area contributed by atoms with Crippen LogP contribution in [0, 0.1) is 6.92 Å². The molecular formula is C12H17N5O2S. The molecule has 20 heavy (non-hydrogen) atoms. The zero-order valence-corrected chi connectivity index (χ0v) is 12.5. The van der Waals surface area contributed by atoms with E-state index in [0.717, 1.165) is 22.0 Å². The quantitative estimate of drug-likeness (QED) is 0.562. The molecule has 2 rings (SSSR count). The highest BCUT2D eigenvalue weighted by Gasteiger charge is 2.13. The first-order valence-electron chi connectivity index (χ1n) is 6.08. The van der Waals surface area contributed by atoms with Gasteiger partial charge in [0.05, 0.1) is 6.54 Å². The molecule has 2 heterocycles. The number of rotatable bonds is 7. The average Bonchev–Trinajstić information content (AvgIpc) is 2.90. The van der Waals surface area contributed by atoms with Crippen molar-refractivity contribution in [3.63, 3.8) is 0 Å². The number of hydrogen-bond acceptors (Lipinski definition) is 7. The minimum atomic E-state index is -0.363. The molecule has 0 amide bonds. The largest absolute Gasteiger partial charge is 0.354 e. The van der Waals surface area contributed by atoms with Crippen LogP contribution in [0.3, 0.4) is 0 Å². The van der Waals surface area contributed by atoms with Crippen LogP contribution in [0.4, 0.5) is 0 Å². The van der Waals surface area contributed by atoms with Gasteiger partial charge in [0, 0.05) is 32.4 Å². The summed E-state index contributed by atoms with van der Waals surface area (Å²) >= 11 is 1.55. The molecule has 7 nitrogen and oxygen atoms in total. The zero-order valence-electron chi connectivity index (χ0n) is 11.7. The second kappa shape index (κ2) is 7.32. The molecule has 0 aliphatic carbocycles. The molecule has 2 aromatic rings. The Bertz CT molecular complexity index is 544. The summed E-state index contributed by atoms with van der Waals surface area (Å²) in [6, 6.07) is 2.10. The maximum atomic E-state index is 5.15. The predicted octanol–water partition coefficient (Wildman–Crippen LogP) is 1.29. The van der Waals surface area contributed by atoms with Crippen molar-refractivity contribution in [3.8, 4) is 0 Å². The molecule has 0 spiro atoms. The summed E-state index contributed by atoms with van der Waals surface area (Å²) in [6.07, 6.45) is 3.32. The molecule has 8 heteroatoms. The van der Waals surface area contributed by atoms with Crippen LogP contribution in [0.2, 0.25) is 0 Å². The molecule has 0 atom stereocenters. The van der Waals surface area contributed by atoms with E-state index >= 15 is 0 Å². The van der Waals surface area contributed by atoms with Gasteiger partial charge in [0.2, 0.25) is 5.16 Å². The minimum absolute atomic E-state index is 0.363. The Morgan fingerprint density at radius 3 is 2.80 bits per heavy atom. The normalized spacial score (nSPS) is 11.2. The number of thioether (sulfide) groups is 1. The van der Waals surface area contributed by atoms with Crippen molar-refractivity contribution in [2.24, 2.45) is 0 Å². The Kier molecular flexibility index (Phi) is 5.45. The summed E-state index contributed by atoms with van der Waals surface area (Å²) in [5, 5.41) is 12.4. The lowest BCUT2D eigenvalue weighted by atomic mass is 10.2. The molecular weight excluding hydrogens is 278 g/mol. The van der Waals surface area contributed by atoms with Crippen LogP contribution in [0.15, 0.2) is 23.6 Å². The van der Waals surface area contributed by atoms with Crippen LogP contribution in [-0.4, -0.2) is 45.7 Å². The van der Waals surface area contributed by atoms with Gasteiger partial charge >= 0.3 is 0 Å². The lowest BCUT2D eigenvalue weighted by Gasteiger charge is -2.13. The van der Waals surface area contributed by atoms with Gasteiger partial charge in [0.25, 0.3) is 0 Å². The van der Waals surface area contributed by atoms with Gasteiger partial charge in [-0.2, -0.15) is 0 Å². The Morgan fingerprint density at radius 1 is 1.30 bits per heavy atom. The Balaban J connectivity index is 1.98. The molecule has 0 aromatic carbocycles. The van der Waals surface area contributed by atoms with Gasteiger partial charge in [-0.3, -0.25) is 4.98 Å². The molecule has 0 unspecified atom stereocenters. The smallest absolute Gasteiger partial charge is 0.209 e. The second-order valence-electron chi connectivity index (χ2n) is 4.20.